The molecule has 1 saturated heterocycles. The molecular weight excluding hydrogens is 334 g/mol. The second kappa shape index (κ2) is 7.31. The Hall–Kier alpha value is -2.64. The minimum atomic E-state index is -0.970. The van der Waals surface area contributed by atoms with Crippen LogP contribution < -0.4 is 0 Å². The van der Waals surface area contributed by atoms with Gasteiger partial charge in [-0.05, 0) is 39.7 Å². The third-order valence-corrected chi connectivity index (χ3v) is 4.97. The van der Waals surface area contributed by atoms with Crippen LogP contribution in [0.3, 0.4) is 0 Å². The first-order valence-corrected chi connectivity index (χ1v) is 8.93. The highest BCUT2D eigenvalue weighted by molar-refractivity contribution is 5.86. The van der Waals surface area contributed by atoms with E-state index >= 15 is 0 Å². The Kier molecular flexibility index (Phi) is 5.11. The molecule has 26 heavy (non-hydrogen) atoms. The van der Waals surface area contributed by atoms with Crippen molar-refractivity contribution in [2.75, 3.05) is 13.1 Å². The van der Waals surface area contributed by atoms with Gasteiger partial charge in [0.05, 0.1) is 29.5 Å². The first kappa shape index (κ1) is 18.2. The van der Waals surface area contributed by atoms with Gasteiger partial charge >= 0.3 is 5.97 Å². The topological polar surface area (TPSA) is 93.2 Å². The van der Waals surface area contributed by atoms with Crippen molar-refractivity contribution in [3.05, 3.63) is 35.4 Å². The lowest BCUT2D eigenvalue weighted by atomic mass is 10.0. The van der Waals surface area contributed by atoms with E-state index in [-0.39, 0.29) is 23.6 Å². The van der Waals surface area contributed by atoms with E-state index in [1.807, 2.05) is 36.4 Å². The van der Waals surface area contributed by atoms with Crippen LogP contribution in [0.4, 0.5) is 0 Å². The van der Waals surface area contributed by atoms with Gasteiger partial charge in [0.2, 0.25) is 5.91 Å². The van der Waals surface area contributed by atoms with Gasteiger partial charge in [-0.2, -0.15) is 10.2 Å². The zero-order valence-corrected chi connectivity index (χ0v) is 15.4. The Morgan fingerprint density at radius 3 is 2.54 bits per heavy atom. The number of hydrogen-bond donors (Lipinski definition) is 1. The van der Waals surface area contributed by atoms with E-state index in [0.29, 0.717) is 19.5 Å². The van der Waals surface area contributed by atoms with Gasteiger partial charge in [-0.15, -0.1) is 0 Å². The van der Waals surface area contributed by atoms with Crippen LogP contribution in [0.5, 0.6) is 0 Å². The van der Waals surface area contributed by atoms with E-state index in [2.05, 4.69) is 10.2 Å². The molecule has 0 bridgehead atoms. The van der Waals surface area contributed by atoms with Gasteiger partial charge in [0.1, 0.15) is 0 Å². The maximum atomic E-state index is 12.6. The lowest BCUT2D eigenvalue weighted by Crippen LogP contribution is -2.40. The minimum Gasteiger partial charge on any atom is -0.478 e. The summed E-state index contributed by atoms with van der Waals surface area (Å²) in [6.07, 6.45) is 4.92. The Labute approximate surface area is 152 Å². The normalized spacial score (nSPS) is 16.7. The van der Waals surface area contributed by atoms with E-state index in [1.165, 1.54) is 6.20 Å². The number of carbonyl (C=O) groups is 2. The quantitative estimate of drug-likeness (QED) is 0.883. The number of piperidine rings is 1. The second-order valence-corrected chi connectivity index (χ2v) is 7.05. The second-order valence-electron chi connectivity index (χ2n) is 7.05. The van der Waals surface area contributed by atoms with Gasteiger partial charge in [0.25, 0.3) is 0 Å². The highest BCUT2D eigenvalue weighted by Gasteiger charge is 2.26. The standard InChI is InChI=1S/C18H25N5O3/c1-12-8-13(2)23(20-12)14(3)9-17(24)21-6-4-16(5-7-21)22-11-15(10-19-22)18(25)26/h8,10-11,14,16H,4-7,9H2,1-3H3,(H,25,26). The first-order valence-electron chi connectivity index (χ1n) is 8.93. The first-order chi connectivity index (χ1) is 12.3. The molecule has 1 fully saturated rings. The van der Waals surface area contributed by atoms with E-state index in [1.54, 1.807) is 10.9 Å². The average Bonchev–Trinajstić information content (AvgIpc) is 3.21. The molecule has 2 aromatic heterocycles. The smallest absolute Gasteiger partial charge is 0.338 e. The summed E-state index contributed by atoms with van der Waals surface area (Å²) in [5.41, 5.74) is 2.22. The lowest BCUT2D eigenvalue weighted by molar-refractivity contribution is -0.133. The number of carboxylic acids is 1. The molecule has 0 aromatic carbocycles. The summed E-state index contributed by atoms with van der Waals surface area (Å²) >= 11 is 0. The molecule has 0 radical (unpaired) electrons. The number of likely N-dealkylation sites (tertiary alicyclic amines) is 1. The van der Waals surface area contributed by atoms with Crippen LogP contribution in [0.15, 0.2) is 18.5 Å². The highest BCUT2D eigenvalue weighted by Crippen LogP contribution is 2.24. The van der Waals surface area contributed by atoms with Crippen molar-refractivity contribution in [1.82, 2.24) is 24.5 Å². The van der Waals surface area contributed by atoms with E-state index < -0.39 is 5.97 Å². The van der Waals surface area contributed by atoms with Crippen molar-refractivity contribution in [2.24, 2.45) is 0 Å². The summed E-state index contributed by atoms with van der Waals surface area (Å²) in [7, 11) is 0. The molecule has 1 amide bonds. The predicted octanol–water partition coefficient (Wildman–Crippen LogP) is 2.21. The number of aryl methyl sites for hydroxylation is 2. The molecule has 0 spiro atoms. The number of carboxylic acid groups (broad SMARTS) is 1. The maximum absolute atomic E-state index is 12.6. The third-order valence-electron chi connectivity index (χ3n) is 4.97. The van der Waals surface area contributed by atoms with Crippen LogP contribution in [0.25, 0.3) is 0 Å². The number of rotatable bonds is 5. The van der Waals surface area contributed by atoms with Crippen LogP contribution in [-0.4, -0.2) is 54.5 Å². The maximum Gasteiger partial charge on any atom is 0.338 e. The molecular formula is C18H25N5O3. The summed E-state index contributed by atoms with van der Waals surface area (Å²) in [5.74, 6) is -0.836. The van der Waals surface area contributed by atoms with Gasteiger partial charge in [-0.1, -0.05) is 0 Å². The van der Waals surface area contributed by atoms with Crippen molar-refractivity contribution >= 4 is 11.9 Å². The Bertz CT molecular complexity index is 802. The molecule has 8 nitrogen and oxygen atoms in total. The SMILES string of the molecule is Cc1cc(C)n(C(C)CC(=O)N2CCC(n3cc(C(=O)O)cn3)CC2)n1. The van der Waals surface area contributed by atoms with Gasteiger partial charge < -0.3 is 10.0 Å². The zero-order valence-electron chi connectivity index (χ0n) is 15.4. The Morgan fingerprint density at radius 2 is 2.00 bits per heavy atom. The minimum absolute atomic E-state index is 0.0261. The fraction of sp³-hybridized carbons (Fsp3) is 0.556. The number of aromatic carboxylic acids is 1. The summed E-state index contributed by atoms with van der Waals surface area (Å²) in [4.78, 5) is 25.5. The van der Waals surface area contributed by atoms with Crippen molar-refractivity contribution in [3.8, 4) is 0 Å². The molecule has 1 aliphatic heterocycles. The van der Waals surface area contributed by atoms with Crippen LogP contribution in [0, 0.1) is 13.8 Å². The molecule has 1 atom stereocenters. The van der Waals surface area contributed by atoms with Crippen LogP contribution in [0.2, 0.25) is 0 Å². The molecule has 1 unspecified atom stereocenters. The van der Waals surface area contributed by atoms with E-state index in [4.69, 9.17) is 5.11 Å². The molecule has 8 heteroatoms. The zero-order chi connectivity index (χ0) is 18.8. The molecule has 3 heterocycles. The number of carbonyl (C=O) groups excluding carboxylic acids is 1. The number of nitrogens with zero attached hydrogens (tertiary/aromatic N) is 5. The number of amides is 1. The molecule has 0 saturated carbocycles. The monoisotopic (exact) mass is 359 g/mol. The van der Waals surface area contributed by atoms with Crippen LogP contribution in [-0.2, 0) is 4.79 Å². The predicted molar refractivity (Wildman–Crippen MR) is 95.1 cm³/mol. The number of aromatic nitrogens is 4. The molecule has 1 aliphatic rings. The summed E-state index contributed by atoms with van der Waals surface area (Å²) < 4.78 is 3.63. The summed E-state index contributed by atoms with van der Waals surface area (Å²) in [6, 6.07) is 2.18. The Balaban J connectivity index is 1.54. The lowest BCUT2D eigenvalue weighted by Gasteiger charge is -2.32. The fourth-order valence-electron chi connectivity index (χ4n) is 3.59. The van der Waals surface area contributed by atoms with Crippen molar-refractivity contribution < 1.29 is 14.7 Å². The van der Waals surface area contributed by atoms with Crippen LogP contribution >= 0.6 is 0 Å². The van der Waals surface area contributed by atoms with Gasteiger partial charge in [0.15, 0.2) is 0 Å². The van der Waals surface area contributed by atoms with Gasteiger partial charge in [-0.25, -0.2) is 4.79 Å². The molecule has 2 aromatic rings. The van der Waals surface area contributed by atoms with Gasteiger partial charge in [0, 0.05) is 31.4 Å². The highest BCUT2D eigenvalue weighted by atomic mass is 16.4. The molecule has 0 aliphatic carbocycles. The fourth-order valence-corrected chi connectivity index (χ4v) is 3.59. The van der Waals surface area contributed by atoms with E-state index in [9.17, 15) is 9.59 Å². The average molecular weight is 359 g/mol. The number of hydrogen-bond acceptors (Lipinski definition) is 4. The Morgan fingerprint density at radius 1 is 1.31 bits per heavy atom. The van der Waals surface area contributed by atoms with Crippen molar-refractivity contribution in [2.45, 2.75) is 52.1 Å². The largest absolute Gasteiger partial charge is 0.478 e. The van der Waals surface area contributed by atoms with Gasteiger partial charge in [-0.3, -0.25) is 14.2 Å². The molecule has 3 rings (SSSR count). The van der Waals surface area contributed by atoms with Crippen molar-refractivity contribution in [1.29, 1.82) is 0 Å². The third kappa shape index (κ3) is 3.79. The van der Waals surface area contributed by atoms with Crippen LogP contribution in [0.1, 0.15) is 60.0 Å². The summed E-state index contributed by atoms with van der Waals surface area (Å²) in [5, 5.41) is 17.6. The molecule has 140 valence electrons. The molecule has 1 N–H and O–H groups in total. The van der Waals surface area contributed by atoms with Crippen molar-refractivity contribution in [3.63, 3.8) is 0 Å². The summed E-state index contributed by atoms with van der Waals surface area (Å²) in [6.45, 7) is 7.29. The van der Waals surface area contributed by atoms with E-state index in [0.717, 1.165) is 24.2 Å².